The van der Waals surface area contributed by atoms with Crippen molar-refractivity contribution in [3.05, 3.63) is 11.1 Å². The molecule has 2 atom stereocenters. The Hall–Kier alpha value is -1.88. The van der Waals surface area contributed by atoms with E-state index in [0.29, 0.717) is 12.8 Å². The van der Waals surface area contributed by atoms with E-state index in [1.165, 1.54) is 109 Å². The van der Waals surface area contributed by atoms with Gasteiger partial charge in [-0.3, -0.25) is 24.0 Å². The van der Waals surface area contributed by atoms with Crippen LogP contribution in [0.25, 0.3) is 0 Å². The Labute approximate surface area is 409 Å². The molecule has 0 fully saturated rings. The van der Waals surface area contributed by atoms with E-state index in [1.54, 1.807) is 20.8 Å². The highest BCUT2D eigenvalue weighted by atomic mass is 79.9. The van der Waals surface area contributed by atoms with Crippen LogP contribution in [0.1, 0.15) is 236 Å². The SMILES string of the molecule is BrCCCCCCCCCCCCBr.[2H]C([2H])([2H])/C(C)=C(/C(C)=O)C(=O)OCC.[2H]C([2H])([2H])C(C)(CCCCCCCCCCCCC(C)(C(C(=O)OCC)C(=O)OCC)C([2H])([2H])[2H])C(C(C)=O)C(C)=O. The summed E-state index contributed by atoms with van der Waals surface area (Å²) in [6.45, 7) is 5.46. The zero-order valence-electron chi connectivity index (χ0n) is 49.2. The van der Waals surface area contributed by atoms with Crippen molar-refractivity contribution in [3.63, 3.8) is 0 Å². The number of Topliss-reactive ketones (excluding diaryl/α,β-unsaturated/α-hetero) is 3. The van der Waals surface area contributed by atoms with Crippen molar-refractivity contribution >= 4 is 67.1 Å². The first-order chi connectivity index (χ1) is 32.9. The second kappa shape index (κ2) is 40.6. The van der Waals surface area contributed by atoms with Crippen molar-refractivity contribution in [2.24, 2.45) is 22.7 Å². The van der Waals surface area contributed by atoms with Crippen molar-refractivity contribution < 1.29 is 55.3 Å². The summed E-state index contributed by atoms with van der Waals surface area (Å²) in [5.74, 6) is -6.64. The highest BCUT2D eigenvalue weighted by Crippen LogP contribution is 2.36. The molecule has 0 aliphatic rings. The number of unbranched alkanes of at least 4 members (excludes halogenated alkanes) is 18. The van der Waals surface area contributed by atoms with Crippen LogP contribution < -0.4 is 0 Å². The summed E-state index contributed by atoms with van der Waals surface area (Å²) in [4.78, 5) is 71.8. The first kappa shape index (κ1) is 48.1. The maximum Gasteiger partial charge on any atom is 0.341 e. The molecule has 0 amide bonds. The van der Waals surface area contributed by atoms with E-state index in [0.717, 1.165) is 58.3 Å². The van der Waals surface area contributed by atoms with Gasteiger partial charge in [-0.25, -0.2) is 4.79 Å². The molecule has 0 N–H and O–H groups in total. The van der Waals surface area contributed by atoms with Gasteiger partial charge in [-0.2, -0.15) is 0 Å². The second-order valence-corrected chi connectivity index (χ2v) is 18.2. The number of alkyl halides is 2. The van der Waals surface area contributed by atoms with Crippen molar-refractivity contribution in [1.29, 1.82) is 0 Å². The van der Waals surface area contributed by atoms with E-state index < -0.39 is 78.5 Å². The Kier molecular flexibility index (Phi) is 31.5. The van der Waals surface area contributed by atoms with E-state index in [2.05, 4.69) is 36.6 Å². The maximum atomic E-state index is 12.6. The van der Waals surface area contributed by atoms with Gasteiger partial charge in [0.1, 0.15) is 17.1 Å². The summed E-state index contributed by atoms with van der Waals surface area (Å²) in [5, 5.41) is 2.36. The molecule has 11 heteroatoms. The Morgan fingerprint density at radius 1 is 0.484 bits per heavy atom. The number of carbonyl (C=O) groups is 6. The predicted octanol–water partition coefficient (Wildman–Crippen LogP) is 14.4. The van der Waals surface area contributed by atoms with Crippen LogP contribution in [0.4, 0.5) is 0 Å². The van der Waals surface area contributed by atoms with Crippen LogP contribution >= 0.6 is 31.9 Å². The molecule has 0 spiro atoms. The van der Waals surface area contributed by atoms with E-state index in [1.807, 2.05) is 0 Å². The molecule has 2 unspecified atom stereocenters. The van der Waals surface area contributed by atoms with Gasteiger partial charge in [-0.1, -0.05) is 181 Å². The van der Waals surface area contributed by atoms with Crippen LogP contribution in [0, 0.1) is 22.7 Å². The number of ketones is 3. The summed E-state index contributed by atoms with van der Waals surface area (Å²) in [6.07, 6.45) is 23.3. The monoisotopic (exact) mass is 1020 g/mol. The quantitative estimate of drug-likeness (QED) is 0.0116. The maximum absolute atomic E-state index is 12.6. The Morgan fingerprint density at radius 3 is 1.05 bits per heavy atom. The van der Waals surface area contributed by atoms with Crippen LogP contribution in [-0.4, -0.2) is 65.7 Å². The van der Waals surface area contributed by atoms with E-state index in [4.69, 9.17) is 21.8 Å². The van der Waals surface area contributed by atoms with Gasteiger partial charge in [0.25, 0.3) is 0 Å². The van der Waals surface area contributed by atoms with Gasteiger partial charge in [0.05, 0.1) is 25.7 Å². The minimum absolute atomic E-state index is 0.0354. The van der Waals surface area contributed by atoms with Crippen molar-refractivity contribution in [2.75, 3.05) is 30.5 Å². The molecule has 364 valence electrons. The first-order valence-corrected chi connectivity index (χ1v) is 25.5. The first-order valence-electron chi connectivity index (χ1n) is 27.8. The Balaban J connectivity index is -0.00000129. The molecule has 0 heterocycles. The topological polar surface area (TPSA) is 130 Å². The molecule has 0 radical (unpaired) electrons. The summed E-state index contributed by atoms with van der Waals surface area (Å²) in [6, 6.07) is 0. The fourth-order valence-electron chi connectivity index (χ4n) is 7.31. The number of hydrogen-bond donors (Lipinski definition) is 0. The van der Waals surface area contributed by atoms with Crippen LogP contribution in [0.3, 0.4) is 0 Å². The van der Waals surface area contributed by atoms with Crippen molar-refractivity contribution in [2.45, 2.75) is 224 Å². The van der Waals surface area contributed by atoms with Gasteiger partial charge in [0.2, 0.25) is 0 Å². The lowest BCUT2D eigenvalue weighted by Gasteiger charge is -2.31. The zero-order valence-corrected chi connectivity index (χ0v) is 43.3. The predicted molar refractivity (Wildman–Crippen MR) is 264 cm³/mol. The average molecular weight is 1020 g/mol. The standard InChI is InChI=1S/C30H54O6.C12H24Br2.C9H14O3/c1-9-35-27(33)26(28(34)36-10-2)30(7,8)22-20-18-16-14-12-11-13-15-17-19-21-29(5,6)25(23(3)31)24(4)32;13-11-9-7-5-3-1-2-4-6-8-10-12-14;1-5-12-9(11)8(6(2)3)7(4)10/h25-26H,9-22H2,1-8H3;1-12H2;5H2,1-4H3/i5D3,7D3;;2D3/b;;8-6+. The summed E-state index contributed by atoms with van der Waals surface area (Å²) < 4.78 is 84.2. The molecule has 0 aliphatic heterocycles. The molecule has 0 saturated heterocycles. The Morgan fingerprint density at radius 2 is 0.790 bits per heavy atom. The van der Waals surface area contributed by atoms with Crippen molar-refractivity contribution in [1.82, 2.24) is 0 Å². The molecule has 62 heavy (non-hydrogen) atoms. The number of esters is 3. The Bertz CT molecular complexity index is 1530. The lowest BCUT2D eigenvalue weighted by atomic mass is 9.71. The number of carbonyl (C=O) groups excluding carboxylic acids is 6. The third kappa shape index (κ3) is 33.6. The molecule has 0 aromatic rings. The van der Waals surface area contributed by atoms with Gasteiger partial charge in [-0.05, 0) is 91.8 Å². The van der Waals surface area contributed by atoms with Crippen LogP contribution in [0.5, 0.6) is 0 Å². The molecular formula is C51H92Br2O9. The molecule has 0 bridgehead atoms. The smallest absolute Gasteiger partial charge is 0.341 e. The van der Waals surface area contributed by atoms with Gasteiger partial charge in [0, 0.05) is 23.0 Å². The van der Waals surface area contributed by atoms with Crippen LogP contribution in [-0.2, 0) is 43.0 Å². The summed E-state index contributed by atoms with van der Waals surface area (Å²) in [5.41, 5.74) is -3.58. The number of halogens is 2. The normalized spacial score (nSPS) is 16.1. The minimum atomic E-state index is -2.56. The fraction of sp³-hybridized carbons (Fsp3) is 0.843. The average Bonchev–Trinajstić information content (AvgIpc) is 3.24. The van der Waals surface area contributed by atoms with E-state index >= 15 is 0 Å². The highest BCUT2D eigenvalue weighted by molar-refractivity contribution is 9.09. The van der Waals surface area contributed by atoms with Gasteiger partial charge < -0.3 is 14.2 Å². The van der Waals surface area contributed by atoms with E-state index in [9.17, 15) is 28.8 Å². The molecule has 0 saturated carbocycles. The number of ether oxygens (including phenoxy) is 3. The number of rotatable bonds is 35. The van der Waals surface area contributed by atoms with Gasteiger partial charge in [0.15, 0.2) is 11.7 Å². The molecular weight excluding hydrogens is 916 g/mol. The minimum Gasteiger partial charge on any atom is -0.465 e. The van der Waals surface area contributed by atoms with Gasteiger partial charge in [-0.15, -0.1) is 0 Å². The highest BCUT2D eigenvalue weighted by Gasteiger charge is 2.42. The third-order valence-electron chi connectivity index (χ3n) is 10.5. The molecule has 9 nitrogen and oxygen atoms in total. The van der Waals surface area contributed by atoms with E-state index in [-0.39, 0.29) is 43.8 Å². The van der Waals surface area contributed by atoms with Gasteiger partial charge >= 0.3 is 17.9 Å². The van der Waals surface area contributed by atoms with Crippen LogP contribution in [0.2, 0.25) is 0 Å². The third-order valence-corrected chi connectivity index (χ3v) is 11.6. The molecule has 0 rings (SSSR count). The van der Waals surface area contributed by atoms with Crippen LogP contribution in [0.15, 0.2) is 11.1 Å². The summed E-state index contributed by atoms with van der Waals surface area (Å²) >= 11 is 6.93. The number of allylic oxidation sites excluding steroid dienone is 1. The molecule has 0 aromatic heterocycles. The lowest BCUT2D eigenvalue weighted by Crippen LogP contribution is -2.39. The second-order valence-electron chi connectivity index (χ2n) is 16.7. The zero-order chi connectivity index (χ0) is 55.5. The fourth-order valence-corrected chi connectivity index (χ4v) is 8.10. The molecule has 0 aromatic carbocycles. The van der Waals surface area contributed by atoms with Crippen molar-refractivity contribution in [3.8, 4) is 0 Å². The number of hydrogen-bond acceptors (Lipinski definition) is 9. The summed E-state index contributed by atoms with van der Waals surface area (Å²) in [7, 11) is 0. The largest absolute Gasteiger partial charge is 0.465 e. The molecule has 0 aliphatic carbocycles. The lowest BCUT2D eigenvalue weighted by molar-refractivity contribution is -0.168.